The Hall–Kier alpha value is -0.580. The van der Waals surface area contributed by atoms with Crippen LogP contribution in [0.5, 0.6) is 5.75 Å². The van der Waals surface area contributed by atoms with Gasteiger partial charge in [0.15, 0.2) is 0 Å². The van der Waals surface area contributed by atoms with E-state index in [1.807, 2.05) is 24.3 Å². The van der Waals surface area contributed by atoms with Crippen LogP contribution in [0.1, 0.15) is 25.7 Å². The van der Waals surface area contributed by atoms with Crippen LogP contribution in [0.3, 0.4) is 0 Å². The van der Waals surface area contributed by atoms with Crippen molar-refractivity contribution in [1.29, 1.82) is 0 Å². The van der Waals surface area contributed by atoms with E-state index in [4.69, 9.17) is 9.47 Å². The molecule has 1 N–H and O–H groups in total. The first-order valence-electron chi connectivity index (χ1n) is 7.32. The van der Waals surface area contributed by atoms with Gasteiger partial charge in [0.25, 0.3) is 0 Å². The lowest BCUT2D eigenvalue weighted by atomic mass is 9.67. The molecule has 0 radical (unpaired) electrons. The van der Waals surface area contributed by atoms with E-state index in [2.05, 4.69) is 21.2 Å². The summed E-state index contributed by atoms with van der Waals surface area (Å²) in [6, 6.07) is 8.05. The SMILES string of the molecule is COCCNCC1(CCOc2ccc(Br)cc2)CCC1. The van der Waals surface area contributed by atoms with Crippen molar-refractivity contribution in [3.05, 3.63) is 28.7 Å². The first kappa shape index (κ1) is 15.8. The third-order valence-electron chi connectivity index (χ3n) is 4.11. The Morgan fingerprint density at radius 2 is 1.95 bits per heavy atom. The van der Waals surface area contributed by atoms with Gasteiger partial charge in [0.1, 0.15) is 5.75 Å². The number of nitrogens with one attached hydrogen (secondary N) is 1. The van der Waals surface area contributed by atoms with Crippen molar-refractivity contribution in [2.45, 2.75) is 25.7 Å². The van der Waals surface area contributed by atoms with Crippen molar-refractivity contribution in [2.75, 3.05) is 33.4 Å². The summed E-state index contributed by atoms with van der Waals surface area (Å²) in [4.78, 5) is 0. The standard InChI is InChI=1S/C16H24BrNO2/c1-19-12-10-18-13-16(7-2-8-16)9-11-20-15-5-3-14(17)4-6-15/h3-6,18H,2,7-13H2,1H3. The van der Waals surface area contributed by atoms with Crippen LogP contribution in [-0.2, 0) is 4.74 Å². The highest BCUT2D eigenvalue weighted by Crippen LogP contribution is 2.43. The average molecular weight is 342 g/mol. The molecular weight excluding hydrogens is 318 g/mol. The topological polar surface area (TPSA) is 30.5 Å². The van der Waals surface area contributed by atoms with E-state index in [-0.39, 0.29) is 0 Å². The number of hydrogen-bond donors (Lipinski definition) is 1. The van der Waals surface area contributed by atoms with Crippen molar-refractivity contribution in [1.82, 2.24) is 5.32 Å². The van der Waals surface area contributed by atoms with E-state index in [9.17, 15) is 0 Å². The molecule has 2 rings (SSSR count). The minimum Gasteiger partial charge on any atom is -0.494 e. The second kappa shape index (κ2) is 8.01. The van der Waals surface area contributed by atoms with Gasteiger partial charge in [-0.2, -0.15) is 0 Å². The highest BCUT2D eigenvalue weighted by Gasteiger charge is 2.36. The van der Waals surface area contributed by atoms with Crippen LogP contribution in [0.25, 0.3) is 0 Å². The minimum absolute atomic E-state index is 0.448. The fourth-order valence-corrected chi connectivity index (χ4v) is 2.90. The van der Waals surface area contributed by atoms with E-state index >= 15 is 0 Å². The average Bonchev–Trinajstić information content (AvgIpc) is 2.42. The molecule has 1 aliphatic carbocycles. The third kappa shape index (κ3) is 4.76. The molecule has 0 bridgehead atoms. The van der Waals surface area contributed by atoms with Gasteiger partial charge in [-0.05, 0) is 48.9 Å². The molecule has 0 amide bonds. The summed E-state index contributed by atoms with van der Waals surface area (Å²) in [5.74, 6) is 0.954. The van der Waals surface area contributed by atoms with Crippen LogP contribution in [0, 0.1) is 5.41 Å². The van der Waals surface area contributed by atoms with Gasteiger partial charge >= 0.3 is 0 Å². The molecule has 0 aliphatic heterocycles. The van der Waals surface area contributed by atoms with Crippen LogP contribution < -0.4 is 10.1 Å². The zero-order chi connectivity index (χ0) is 14.3. The summed E-state index contributed by atoms with van der Waals surface area (Å²) in [5.41, 5.74) is 0.448. The molecule has 0 atom stereocenters. The number of halogens is 1. The molecule has 1 aromatic carbocycles. The monoisotopic (exact) mass is 341 g/mol. The number of benzene rings is 1. The van der Waals surface area contributed by atoms with Crippen molar-refractivity contribution in [3.63, 3.8) is 0 Å². The number of hydrogen-bond acceptors (Lipinski definition) is 3. The van der Waals surface area contributed by atoms with Gasteiger partial charge in [-0.3, -0.25) is 0 Å². The maximum absolute atomic E-state index is 5.85. The summed E-state index contributed by atoms with van der Waals surface area (Å²) >= 11 is 3.43. The summed E-state index contributed by atoms with van der Waals surface area (Å²) in [6.45, 7) is 3.60. The molecule has 1 aromatic rings. The van der Waals surface area contributed by atoms with E-state index < -0.39 is 0 Å². The molecule has 112 valence electrons. The van der Waals surface area contributed by atoms with E-state index in [0.29, 0.717) is 5.41 Å². The molecule has 1 saturated carbocycles. The predicted molar refractivity (Wildman–Crippen MR) is 85.3 cm³/mol. The van der Waals surface area contributed by atoms with Crippen LogP contribution in [-0.4, -0.2) is 33.4 Å². The van der Waals surface area contributed by atoms with Gasteiger partial charge in [-0.1, -0.05) is 22.4 Å². The Morgan fingerprint density at radius 1 is 1.20 bits per heavy atom. The zero-order valence-electron chi connectivity index (χ0n) is 12.2. The third-order valence-corrected chi connectivity index (χ3v) is 4.64. The van der Waals surface area contributed by atoms with E-state index in [1.54, 1.807) is 7.11 Å². The van der Waals surface area contributed by atoms with Crippen molar-refractivity contribution in [3.8, 4) is 5.75 Å². The van der Waals surface area contributed by atoms with Crippen LogP contribution >= 0.6 is 15.9 Å². The predicted octanol–water partition coefficient (Wildman–Crippen LogP) is 3.62. The highest BCUT2D eigenvalue weighted by atomic mass is 79.9. The molecule has 20 heavy (non-hydrogen) atoms. The van der Waals surface area contributed by atoms with Crippen molar-refractivity contribution in [2.24, 2.45) is 5.41 Å². The Morgan fingerprint density at radius 3 is 2.55 bits per heavy atom. The zero-order valence-corrected chi connectivity index (χ0v) is 13.7. The van der Waals surface area contributed by atoms with Crippen molar-refractivity contribution < 1.29 is 9.47 Å². The fourth-order valence-electron chi connectivity index (χ4n) is 2.64. The Kier molecular flexibility index (Phi) is 6.33. The molecule has 1 aliphatic rings. The van der Waals surface area contributed by atoms with Crippen LogP contribution in [0.2, 0.25) is 0 Å². The van der Waals surface area contributed by atoms with Crippen LogP contribution in [0.15, 0.2) is 28.7 Å². The van der Waals surface area contributed by atoms with Crippen LogP contribution in [0.4, 0.5) is 0 Å². The summed E-state index contributed by atoms with van der Waals surface area (Å²) < 4.78 is 12.0. The Labute approximate surface area is 130 Å². The molecule has 0 saturated heterocycles. The number of ether oxygens (including phenoxy) is 2. The summed E-state index contributed by atoms with van der Waals surface area (Å²) in [6.07, 6.45) is 5.11. The van der Waals surface area contributed by atoms with Gasteiger partial charge in [-0.15, -0.1) is 0 Å². The number of methoxy groups -OCH3 is 1. The normalized spacial score (nSPS) is 16.7. The first-order valence-corrected chi connectivity index (χ1v) is 8.11. The van der Waals surface area contributed by atoms with Gasteiger partial charge in [-0.25, -0.2) is 0 Å². The largest absolute Gasteiger partial charge is 0.494 e. The molecule has 3 nitrogen and oxygen atoms in total. The molecule has 4 heteroatoms. The van der Waals surface area contributed by atoms with Gasteiger partial charge in [0.05, 0.1) is 13.2 Å². The smallest absolute Gasteiger partial charge is 0.119 e. The Balaban J connectivity index is 1.69. The lowest BCUT2D eigenvalue weighted by Gasteiger charge is -2.42. The van der Waals surface area contributed by atoms with E-state index in [0.717, 1.165) is 42.9 Å². The maximum Gasteiger partial charge on any atom is 0.119 e. The highest BCUT2D eigenvalue weighted by molar-refractivity contribution is 9.10. The van der Waals surface area contributed by atoms with Gasteiger partial charge in [0.2, 0.25) is 0 Å². The quantitative estimate of drug-likeness (QED) is 0.696. The van der Waals surface area contributed by atoms with E-state index in [1.165, 1.54) is 19.3 Å². The molecule has 0 spiro atoms. The lowest BCUT2D eigenvalue weighted by Crippen LogP contribution is -2.41. The molecule has 0 unspecified atom stereocenters. The first-order chi connectivity index (χ1) is 9.74. The molecule has 1 fully saturated rings. The molecule has 0 heterocycles. The molecule has 0 aromatic heterocycles. The number of rotatable bonds is 9. The van der Waals surface area contributed by atoms with Crippen molar-refractivity contribution >= 4 is 15.9 Å². The lowest BCUT2D eigenvalue weighted by molar-refractivity contribution is 0.0887. The second-order valence-corrected chi connectivity index (χ2v) is 6.49. The minimum atomic E-state index is 0.448. The molecular formula is C16H24BrNO2. The second-order valence-electron chi connectivity index (χ2n) is 5.58. The maximum atomic E-state index is 5.85. The Bertz CT molecular complexity index is 390. The summed E-state index contributed by atoms with van der Waals surface area (Å²) in [7, 11) is 1.74. The van der Waals surface area contributed by atoms with Gasteiger partial charge < -0.3 is 14.8 Å². The fraction of sp³-hybridized carbons (Fsp3) is 0.625. The van der Waals surface area contributed by atoms with Gasteiger partial charge in [0, 0.05) is 24.7 Å². The summed E-state index contributed by atoms with van der Waals surface area (Å²) in [5, 5.41) is 3.50.